The molecule has 0 saturated carbocycles. The number of aliphatic hydroxyl groups is 1. The van der Waals surface area contributed by atoms with E-state index < -0.39 is 6.10 Å². The molecule has 1 fully saturated rings. The van der Waals surface area contributed by atoms with Gasteiger partial charge in [-0.3, -0.25) is 9.78 Å². The first-order valence-electron chi connectivity index (χ1n) is 6.93. The van der Waals surface area contributed by atoms with Crippen LogP contribution >= 0.6 is 0 Å². The Morgan fingerprint density at radius 2 is 2.19 bits per heavy atom. The van der Waals surface area contributed by atoms with Crippen LogP contribution in [0.4, 0.5) is 0 Å². The van der Waals surface area contributed by atoms with E-state index in [9.17, 15) is 9.90 Å². The second kappa shape index (κ2) is 5.65. The summed E-state index contributed by atoms with van der Waals surface area (Å²) in [4.78, 5) is 17.9. The maximum atomic E-state index is 12.3. The van der Waals surface area contributed by atoms with Crippen molar-refractivity contribution in [2.75, 3.05) is 13.1 Å². The van der Waals surface area contributed by atoms with E-state index in [1.54, 1.807) is 30.3 Å². The fraction of sp³-hybridized carbons (Fsp3) is 0.400. The van der Waals surface area contributed by atoms with Crippen molar-refractivity contribution in [3.63, 3.8) is 0 Å². The average Bonchev–Trinajstić information content (AvgIpc) is 3.06. The van der Waals surface area contributed by atoms with E-state index >= 15 is 0 Å². The summed E-state index contributed by atoms with van der Waals surface area (Å²) >= 11 is 0. The van der Waals surface area contributed by atoms with Gasteiger partial charge in [-0.1, -0.05) is 5.16 Å². The van der Waals surface area contributed by atoms with Crippen molar-refractivity contribution in [2.24, 2.45) is 5.92 Å². The Labute approximate surface area is 122 Å². The minimum absolute atomic E-state index is 0.0318. The molecule has 1 N–H and O–H groups in total. The van der Waals surface area contributed by atoms with E-state index in [0.717, 1.165) is 12.0 Å². The Bertz CT molecular complexity index is 626. The Kier molecular flexibility index (Phi) is 3.70. The number of aryl methyl sites for hydroxylation is 1. The molecule has 0 aromatic carbocycles. The predicted molar refractivity (Wildman–Crippen MR) is 74.6 cm³/mol. The molecule has 2 aromatic rings. The van der Waals surface area contributed by atoms with Crippen molar-refractivity contribution in [3.05, 3.63) is 47.6 Å². The van der Waals surface area contributed by atoms with Crippen molar-refractivity contribution >= 4 is 5.91 Å². The molecule has 3 heterocycles. The number of nitrogens with zero attached hydrogens (tertiary/aromatic N) is 3. The van der Waals surface area contributed by atoms with Crippen LogP contribution in [0.3, 0.4) is 0 Å². The Morgan fingerprint density at radius 1 is 1.43 bits per heavy atom. The van der Waals surface area contributed by atoms with Crippen LogP contribution in [0, 0.1) is 12.8 Å². The lowest BCUT2D eigenvalue weighted by atomic mass is 9.97. The van der Waals surface area contributed by atoms with Crippen LogP contribution in [-0.4, -0.2) is 45.2 Å². The average molecular weight is 287 g/mol. The summed E-state index contributed by atoms with van der Waals surface area (Å²) < 4.78 is 4.93. The largest absolute Gasteiger partial charge is 0.391 e. The predicted octanol–water partition coefficient (Wildman–Crippen LogP) is 1.05. The molecule has 21 heavy (non-hydrogen) atoms. The van der Waals surface area contributed by atoms with Gasteiger partial charge in [0, 0.05) is 37.5 Å². The minimum atomic E-state index is -0.518. The van der Waals surface area contributed by atoms with Crippen molar-refractivity contribution in [1.82, 2.24) is 15.0 Å². The second-order valence-electron chi connectivity index (χ2n) is 5.42. The SMILES string of the molecule is Cc1cc(C(=O)N2C[C@@H](Cc3ccncc3)[C@@H](O)C2)no1. The highest BCUT2D eigenvalue weighted by molar-refractivity contribution is 5.92. The third kappa shape index (κ3) is 2.95. The Morgan fingerprint density at radius 3 is 2.86 bits per heavy atom. The smallest absolute Gasteiger partial charge is 0.276 e. The van der Waals surface area contributed by atoms with Gasteiger partial charge in [0.2, 0.25) is 0 Å². The number of aromatic nitrogens is 2. The van der Waals surface area contributed by atoms with E-state index in [-0.39, 0.29) is 11.8 Å². The highest BCUT2D eigenvalue weighted by Crippen LogP contribution is 2.23. The van der Waals surface area contributed by atoms with Gasteiger partial charge in [0.15, 0.2) is 5.69 Å². The molecule has 1 aliphatic heterocycles. The summed E-state index contributed by atoms with van der Waals surface area (Å²) in [5, 5.41) is 13.9. The zero-order chi connectivity index (χ0) is 14.8. The van der Waals surface area contributed by atoms with Crippen LogP contribution in [-0.2, 0) is 6.42 Å². The molecule has 1 aliphatic rings. The third-order valence-electron chi connectivity index (χ3n) is 3.79. The van der Waals surface area contributed by atoms with Gasteiger partial charge in [0.1, 0.15) is 5.76 Å². The van der Waals surface area contributed by atoms with Crippen molar-refractivity contribution in [1.29, 1.82) is 0 Å². The standard InChI is InChI=1S/C15H17N3O3/c1-10-6-13(17-21-10)15(20)18-8-12(14(19)9-18)7-11-2-4-16-5-3-11/h2-6,12,14,19H,7-9H2,1H3/t12-,14+/m1/s1. The monoisotopic (exact) mass is 287 g/mol. The molecule has 0 spiro atoms. The van der Waals surface area contributed by atoms with E-state index in [0.29, 0.717) is 24.5 Å². The molecule has 3 rings (SSSR count). The minimum Gasteiger partial charge on any atom is -0.391 e. The van der Waals surface area contributed by atoms with Crippen LogP contribution in [0.5, 0.6) is 0 Å². The summed E-state index contributed by atoms with van der Waals surface area (Å²) in [5.74, 6) is 0.443. The maximum Gasteiger partial charge on any atom is 0.276 e. The number of hydrogen-bond acceptors (Lipinski definition) is 5. The Balaban J connectivity index is 1.67. The highest BCUT2D eigenvalue weighted by atomic mass is 16.5. The number of carbonyl (C=O) groups excluding carboxylic acids is 1. The molecule has 6 heteroatoms. The normalized spacial score (nSPS) is 21.7. The summed E-state index contributed by atoms with van der Waals surface area (Å²) in [7, 11) is 0. The van der Waals surface area contributed by atoms with Gasteiger partial charge in [0.05, 0.1) is 6.10 Å². The molecule has 110 valence electrons. The summed E-state index contributed by atoms with van der Waals surface area (Å²) in [6.45, 7) is 2.60. The van der Waals surface area contributed by atoms with Gasteiger partial charge in [-0.15, -0.1) is 0 Å². The topological polar surface area (TPSA) is 79.5 Å². The molecule has 1 amide bonds. The number of carbonyl (C=O) groups is 1. The zero-order valence-electron chi connectivity index (χ0n) is 11.8. The van der Waals surface area contributed by atoms with Crippen LogP contribution in [0.1, 0.15) is 21.8 Å². The van der Waals surface area contributed by atoms with Gasteiger partial charge in [0.25, 0.3) is 5.91 Å². The van der Waals surface area contributed by atoms with Gasteiger partial charge in [-0.05, 0) is 31.0 Å². The summed E-state index contributed by atoms with van der Waals surface area (Å²) in [6.07, 6.45) is 3.68. The lowest BCUT2D eigenvalue weighted by molar-refractivity contribution is 0.0754. The van der Waals surface area contributed by atoms with E-state index in [2.05, 4.69) is 10.1 Å². The molecule has 2 aromatic heterocycles. The number of amides is 1. The number of aliphatic hydroxyl groups excluding tert-OH is 1. The quantitative estimate of drug-likeness (QED) is 0.913. The van der Waals surface area contributed by atoms with Crippen molar-refractivity contribution < 1.29 is 14.4 Å². The first-order valence-corrected chi connectivity index (χ1v) is 6.93. The first-order chi connectivity index (χ1) is 10.1. The second-order valence-corrected chi connectivity index (χ2v) is 5.42. The van der Waals surface area contributed by atoms with Crippen LogP contribution < -0.4 is 0 Å². The van der Waals surface area contributed by atoms with Crippen LogP contribution in [0.2, 0.25) is 0 Å². The molecular formula is C15H17N3O3. The molecule has 2 atom stereocenters. The number of hydrogen-bond donors (Lipinski definition) is 1. The molecular weight excluding hydrogens is 270 g/mol. The molecule has 0 aliphatic carbocycles. The molecule has 0 unspecified atom stereocenters. The van der Waals surface area contributed by atoms with Crippen LogP contribution in [0.15, 0.2) is 35.1 Å². The lowest BCUT2D eigenvalue weighted by Crippen LogP contribution is -2.29. The first kappa shape index (κ1) is 13.8. The Hall–Kier alpha value is -2.21. The molecule has 6 nitrogen and oxygen atoms in total. The highest BCUT2D eigenvalue weighted by Gasteiger charge is 2.35. The van der Waals surface area contributed by atoms with Crippen LogP contribution in [0.25, 0.3) is 0 Å². The number of β-amino-alcohol motifs (C(OH)–C–C–N with tert-alkyl or cyclic N) is 1. The number of likely N-dealkylation sites (tertiary alicyclic amines) is 1. The molecule has 0 bridgehead atoms. The maximum absolute atomic E-state index is 12.3. The van der Waals surface area contributed by atoms with E-state index in [1.165, 1.54) is 0 Å². The number of rotatable bonds is 3. The fourth-order valence-corrected chi connectivity index (χ4v) is 2.67. The molecule has 0 radical (unpaired) electrons. The van der Waals surface area contributed by atoms with Crippen molar-refractivity contribution in [3.8, 4) is 0 Å². The molecule has 1 saturated heterocycles. The van der Waals surface area contributed by atoms with Gasteiger partial charge >= 0.3 is 0 Å². The van der Waals surface area contributed by atoms with E-state index in [4.69, 9.17) is 4.52 Å². The van der Waals surface area contributed by atoms with Gasteiger partial charge in [-0.2, -0.15) is 0 Å². The van der Waals surface area contributed by atoms with E-state index in [1.807, 2.05) is 12.1 Å². The number of pyridine rings is 1. The summed E-state index contributed by atoms with van der Waals surface area (Å²) in [5.41, 5.74) is 1.41. The zero-order valence-corrected chi connectivity index (χ0v) is 11.8. The van der Waals surface area contributed by atoms with Gasteiger partial charge < -0.3 is 14.5 Å². The lowest BCUT2D eigenvalue weighted by Gasteiger charge is -2.14. The van der Waals surface area contributed by atoms with Crippen molar-refractivity contribution in [2.45, 2.75) is 19.4 Å². The fourth-order valence-electron chi connectivity index (χ4n) is 2.67. The van der Waals surface area contributed by atoms with Gasteiger partial charge in [-0.25, -0.2) is 0 Å². The summed E-state index contributed by atoms with van der Waals surface area (Å²) in [6, 6.07) is 5.47. The third-order valence-corrected chi connectivity index (χ3v) is 3.79.